The van der Waals surface area contributed by atoms with Gasteiger partial charge in [-0.15, -0.1) is 0 Å². The van der Waals surface area contributed by atoms with Crippen molar-refractivity contribution >= 4 is 5.91 Å². The van der Waals surface area contributed by atoms with Crippen LogP contribution in [0, 0.1) is 6.92 Å². The van der Waals surface area contributed by atoms with Crippen LogP contribution in [0.5, 0.6) is 11.5 Å². The second kappa shape index (κ2) is 6.91. The van der Waals surface area contributed by atoms with Crippen molar-refractivity contribution in [2.24, 2.45) is 0 Å². The molecule has 1 aromatic carbocycles. The van der Waals surface area contributed by atoms with Gasteiger partial charge in [0.2, 0.25) is 6.79 Å². The van der Waals surface area contributed by atoms with Crippen LogP contribution in [-0.4, -0.2) is 39.2 Å². The standard InChI is InChI=1S/C18H19N5O3/c1-12-5-7-20-23(12)8-2-6-19-18(24)15-10-14(21-22-15)13-3-4-16-17(9-13)26-11-25-16/h3-5,7,9-10H,2,6,8,11H2,1H3,(H,19,24)(H,21,22). The van der Waals surface area contributed by atoms with Gasteiger partial charge in [-0.3, -0.25) is 14.6 Å². The van der Waals surface area contributed by atoms with E-state index in [9.17, 15) is 4.79 Å². The molecular weight excluding hydrogens is 334 g/mol. The highest BCUT2D eigenvalue weighted by Crippen LogP contribution is 2.35. The molecule has 2 N–H and O–H groups in total. The minimum absolute atomic E-state index is 0.179. The molecule has 0 radical (unpaired) electrons. The summed E-state index contributed by atoms with van der Waals surface area (Å²) in [7, 11) is 0. The molecule has 0 fully saturated rings. The van der Waals surface area contributed by atoms with E-state index in [0.29, 0.717) is 23.7 Å². The highest BCUT2D eigenvalue weighted by molar-refractivity contribution is 5.93. The molecule has 0 spiro atoms. The molecule has 0 saturated carbocycles. The minimum atomic E-state index is -0.179. The Hall–Kier alpha value is -3.29. The molecule has 4 rings (SSSR count). The first-order valence-corrected chi connectivity index (χ1v) is 8.43. The van der Waals surface area contributed by atoms with Gasteiger partial charge in [0, 0.05) is 30.5 Å². The lowest BCUT2D eigenvalue weighted by atomic mass is 10.1. The van der Waals surface area contributed by atoms with Gasteiger partial charge in [-0.05, 0) is 43.7 Å². The molecule has 3 aromatic rings. The molecule has 134 valence electrons. The number of rotatable bonds is 6. The topological polar surface area (TPSA) is 94.1 Å². The maximum absolute atomic E-state index is 12.3. The zero-order valence-electron chi connectivity index (χ0n) is 14.4. The van der Waals surface area contributed by atoms with Gasteiger partial charge >= 0.3 is 0 Å². The number of aryl methyl sites for hydroxylation is 2. The number of nitrogens with zero attached hydrogens (tertiary/aromatic N) is 3. The maximum atomic E-state index is 12.3. The van der Waals surface area contributed by atoms with E-state index in [4.69, 9.17) is 9.47 Å². The van der Waals surface area contributed by atoms with E-state index in [0.717, 1.165) is 30.0 Å². The Morgan fingerprint density at radius 1 is 1.27 bits per heavy atom. The molecule has 1 amide bonds. The zero-order valence-corrected chi connectivity index (χ0v) is 14.4. The van der Waals surface area contributed by atoms with Crippen molar-refractivity contribution in [3.63, 3.8) is 0 Å². The fourth-order valence-electron chi connectivity index (χ4n) is 2.80. The summed E-state index contributed by atoms with van der Waals surface area (Å²) in [6.07, 6.45) is 2.58. The first-order valence-electron chi connectivity index (χ1n) is 8.43. The second-order valence-electron chi connectivity index (χ2n) is 6.04. The lowest BCUT2D eigenvalue weighted by Crippen LogP contribution is -2.25. The Balaban J connectivity index is 1.34. The highest BCUT2D eigenvalue weighted by atomic mass is 16.7. The predicted octanol–water partition coefficient (Wildman–Crippen LogP) is 2.13. The largest absolute Gasteiger partial charge is 0.454 e. The molecule has 0 unspecified atom stereocenters. The number of ether oxygens (including phenoxy) is 2. The Morgan fingerprint density at radius 2 is 2.15 bits per heavy atom. The summed E-state index contributed by atoms with van der Waals surface area (Å²) >= 11 is 0. The summed E-state index contributed by atoms with van der Waals surface area (Å²) in [5, 5.41) is 14.1. The van der Waals surface area contributed by atoms with Crippen LogP contribution in [0.15, 0.2) is 36.5 Å². The van der Waals surface area contributed by atoms with E-state index < -0.39 is 0 Å². The van der Waals surface area contributed by atoms with E-state index in [1.54, 1.807) is 12.3 Å². The lowest BCUT2D eigenvalue weighted by Gasteiger charge is -2.05. The number of amides is 1. The number of aromatic nitrogens is 4. The van der Waals surface area contributed by atoms with E-state index in [1.165, 1.54) is 0 Å². The van der Waals surface area contributed by atoms with Gasteiger partial charge in [-0.2, -0.15) is 10.2 Å². The van der Waals surface area contributed by atoms with Crippen LogP contribution in [0.25, 0.3) is 11.3 Å². The smallest absolute Gasteiger partial charge is 0.269 e. The van der Waals surface area contributed by atoms with Gasteiger partial charge < -0.3 is 14.8 Å². The number of aromatic amines is 1. The number of nitrogens with one attached hydrogen (secondary N) is 2. The van der Waals surface area contributed by atoms with Crippen molar-refractivity contribution in [3.05, 3.63) is 47.9 Å². The maximum Gasteiger partial charge on any atom is 0.269 e. The number of hydrogen-bond acceptors (Lipinski definition) is 5. The molecule has 0 aliphatic carbocycles. The Labute approximate surface area is 150 Å². The predicted molar refractivity (Wildman–Crippen MR) is 94.1 cm³/mol. The summed E-state index contributed by atoms with van der Waals surface area (Å²) < 4.78 is 12.6. The van der Waals surface area contributed by atoms with Crippen LogP contribution in [0.4, 0.5) is 0 Å². The van der Waals surface area contributed by atoms with Crippen molar-refractivity contribution in [3.8, 4) is 22.8 Å². The summed E-state index contributed by atoms with van der Waals surface area (Å²) in [5.41, 5.74) is 3.07. The van der Waals surface area contributed by atoms with Crippen molar-refractivity contribution in [2.75, 3.05) is 13.3 Å². The average molecular weight is 353 g/mol. The Kier molecular flexibility index (Phi) is 4.30. The third-order valence-corrected chi connectivity index (χ3v) is 4.25. The molecule has 26 heavy (non-hydrogen) atoms. The van der Waals surface area contributed by atoms with E-state index in [-0.39, 0.29) is 12.7 Å². The average Bonchev–Trinajstić information content (AvgIpc) is 3.38. The van der Waals surface area contributed by atoms with Crippen LogP contribution in [0.3, 0.4) is 0 Å². The van der Waals surface area contributed by atoms with Crippen LogP contribution in [0.2, 0.25) is 0 Å². The summed E-state index contributed by atoms with van der Waals surface area (Å²) in [4.78, 5) is 12.3. The molecule has 8 heteroatoms. The van der Waals surface area contributed by atoms with E-state index in [2.05, 4.69) is 20.6 Å². The molecule has 2 aromatic heterocycles. The summed E-state index contributed by atoms with van der Waals surface area (Å²) in [5.74, 6) is 1.22. The van der Waals surface area contributed by atoms with Crippen LogP contribution in [0.1, 0.15) is 22.6 Å². The van der Waals surface area contributed by atoms with Crippen LogP contribution < -0.4 is 14.8 Å². The quantitative estimate of drug-likeness (QED) is 0.662. The molecule has 8 nitrogen and oxygen atoms in total. The Bertz CT molecular complexity index is 931. The third-order valence-electron chi connectivity index (χ3n) is 4.25. The first-order chi connectivity index (χ1) is 12.7. The first kappa shape index (κ1) is 16.2. The molecule has 1 aliphatic heterocycles. The zero-order chi connectivity index (χ0) is 17.9. The highest BCUT2D eigenvalue weighted by Gasteiger charge is 2.16. The molecule has 0 bridgehead atoms. The fraction of sp³-hybridized carbons (Fsp3) is 0.278. The van der Waals surface area contributed by atoms with Crippen molar-refractivity contribution < 1.29 is 14.3 Å². The number of fused-ring (bicyclic) bond motifs is 1. The number of benzene rings is 1. The van der Waals surface area contributed by atoms with Crippen molar-refractivity contribution in [1.29, 1.82) is 0 Å². The lowest BCUT2D eigenvalue weighted by molar-refractivity contribution is 0.0947. The number of hydrogen-bond donors (Lipinski definition) is 2. The normalized spacial score (nSPS) is 12.3. The molecule has 1 aliphatic rings. The van der Waals surface area contributed by atoms with Crippen LogP contribution >= 0.6 is 0 Å². The molecule has 0 atom stereocenters. The monoisotopic (exact) mass is 353 g/mol. The third kappa shape index (κ3) is 3.26. The number of H-pyrrole nitrogens is 1. The molecule has 0 saturated heterocycles. The Morgan fingerprint density at radius 3 is 3.00 bits per heavy atom. The van der Waals surface area contributed by atoms with Gasteiger partial charge in [0.25, 0.3) is 5.91 Å². The fourth-order valence-corrected chi connectivity index (χ4v) is 2.80. The summed E-state index contributed by atoms with van der Waals surface area (Å²) in [6, 6.07) is 9.26. The van der Waals surface area contributed by atoms with E-state index >= 15 is 0 Å². The van der Waals surface area contributed by atoms with E-state index in [1.807, 2.05) is 35.9 Å². The second-order valence-corrected chi connectivity index (χ2v) is 6.04. The molecule has 3 heterocycles. The van der Waals surface area contributed by atoms with Gasteiger partial charge in [0.05, 0.1) is 5.69 Å². The van der Waals surface area contributed by atoms with Crippen molar-refractivity contribution in [2.45, 2.75) is 19.9 Å². The van der Waals surface area contributed by atoms with Gasteiger partial charge in [-0.1, -0.05) is 0 Å². The van der Waals surface area contributed by atoms with Gasteiger partial charge in [-0.25, -0.2) is 0 Å². The van der Waals surface area contributed by atoms with Gasteiger partial charge in [0.1, 0.15) is 5.69 Å². The van der Waals surface area contributed by atoms with Gasteiger partial charge in [0.15, 0.2) is 11.5 Å². The molecular formula is C18H19N5O3. The summed E-state index contributed by atoms with van der Waals surface area (Å²) in [6.45, 7) is 3.57. The number of carbonyl (C=O) groups excluding carboxylic acids is 1. The van der Waals surface area contributed by atoms with Crippen molar-refractivity contribution in [1.82, 2.24) is 25.3 Å². The SMILES string of the molecule is Cc1ccnn1CCCNC(=O)c1cc(-c2ccc3c(c2)OCO3)n[nH]1. The number of carbonyl (C=O) groups is 1. The minimum Gasteiger partial charge on any atom is -0.454 e. The van der Waals surface area contributed by atoms with Crippen LogP contribution in [-0.2, 0) is 6.54 Å².